The van der Waals surface area contributed by atoms with Crippen molar-refractivity contribution >= 4 is 11.4 Å². The van der Waals surface area contributed by atoms with Crippen molar-refractivity contribution in [1.29, 1.82) is 10.5 Å². The Kier molecular flexibility index (Phi) is 7.00. The number of hydrogen-bond donors (Lipinski definition) is 2. The van der Waals surface area contributed by atoms with Gasteiger partial charge in [-0.1, -0.05) is 24.3 Å². The first-order valence-corrected chi connectivity index (χ1v) is 10.2. The quantitative estimate of drug-likeness (QED) is 0.488. The van der Waals surface area contributed by atoms with Gasteiger partial charge in [0.25, 0.3) is 0 Å². The molecule has 0 atom stereocenters. The van der Waals surface area contributed by atoms with Crippen LogP contribution < -0.4 is 16.2 Å². The Labute approximate surface area is 188 Å². The molecule has 0 fully saturated rings. The monoisotopic (exact) mass is 426 g/mol. The van der Waals surface area contributed by atoms with Crippen molar-refractivity contribution in [1.82, 2.24) is 0 Å². The van der Waals surface area contributed by atoms with Gasteiger partial charge >= 0.3 is 0 Å². The fourth-order valence-electron chi connectivity index (χ4n) is 3.81. The van der Waals surface area contributed by atoms with E-state index in [-0.39, 0.29) is 6.61 Å². The molecule has 0 heterocycles. The molecule has 0 amide bonds. The number of nitriles is 2. The van der Waals surface area contributed by atoms with Crippen molar-refractivity contribution in [2.24, 2.45) is 0 Å². The number of hydrogen-bond acceptors (Lipinski definition) is 6. The summed E-state index contributed by atoms with van der Waals surface area (Å²) >= 11 is 0. The van der Waals surface area contributed by atoms with Gasteiger partial charge in [0.15, 0.2) is 0 Å². The third kappa shape index (κ3) is 4.67. The third-order valence-corrected chi connectivity index (χ3v) is 5.32. The largest absolute Gasteiger partial charge is 0.456 e. The second-order valence-corrected chi connectivity index (χ2v) is 7.67. The maximum absolute atomic E-state index is 9.11. The molecule has 0 aliphatic heterocycles. The van der Waals surface area contributed by atoms with Crippen LogP contribution in [0.5, 0.6) is 11.5 Å². The van der Waals surface area contributed by atoms with Crippen LogP contribution in [0.25, 0.3) is 11.1 Å². The SMILES string of the molecule is COCc1c(Oc2c(C)cc(CCC#N)cc2C)cc(N)c(N)c1-c1ccc(C#N)cc1. The van der Waals surface area contributed by atoms with Gasteiger partial charge in [-0.15, -0.1) is 0 Å². The molecule has 0 aliphatic carbocycles. The molecule has 0 radical (unpaired) electrons. The minimum atomic E-state index is 0.271. The topological polar surface area (TPSA) is 118 Å². The number of aryl methyl sites for hydroxylation is 3. The summed E-state index contributed by atoms with van der Waals surface area (Å²) in [5, 5.41) is 18.0. The first-order valence-electron chi connectivity index (χ1n) is 10.2. The summed E-state index contributed by atoms with van der Waals surface area (Å²) in [5.41, 5.74) is 19.4. The maximum Gasteiger partial charge on any atom is 0.135 e. The van der Waals surface area contributed by atoms with Crippen LogP contribution in [0.15, 0.2) is 42.5 Å². The number of nitrogen functional groups attached to an aromatic ring is 2. The van der Waals surface area contributed by atoms with Crippen LogP contribution in [0.1, 0.15) is 34.2 Å². The average molecular weight is 427 g/mol. The molecule has 0 bridgehead atoms. The van der Waals surface area contributed by atoms with Gasteiger partial charge in [0, 0.05) is 30.7 Å². The van der Waals surface area contributed by atoms with E-state index >= 15 is 0 Å². The lowest BCUT2D eigenvalue weighted by Crippen LogP contribution is -2.06. The van der Waals surface area contributed by atoms with Crippen LogP contribution >= 0.6 is 0 Å². The van der Waals surface area contributed by atoms with Crippen molar-refractivity contribution in [3.05, 3.63) is 70.3 Å². The van der Waals surface area contributed by atoms with Gasteiger partial charge in [-0.25, -0.2) is 0 Å². The van der Waals surface area contributed by atoms with Crippen molar-refractivity contribution in [2.45, 2.75) is 33.3 Å². The first kappa shape index (κ1) is 22.7. The van der Waals surface area contributed by atoms with Crippen molar-refractivity contribution < 1.29 is 9.47 Å². The van der Waals surface area contributed by atoms with E-state index in [0.29, 0.717) is 35.5 Å². The van der Waals surface area contributed by atoms with Crippen LogP contribution in [0, 0.1) is 36.5 Å². The van der Waals surface area contributed by atoms with Gasteiger partial charge in [-0.2, -0.15) is 10.5 Å². The number of anilines is 2. The zero-order chi connectivity index (χ0) is 23.3. The molecule has 0 spiro atoms. The van der Waals surface area contributed by atoms with Gasteiger partial charge in [-0.3, -0.25) is 0 Å². The lowest BCUT2D eigenvalue weighted by Gasteiger charge is -2.21. The van der Waals surface area contributed by atoms with Gasteiger partial charge < -0.3 is 20.9 Å². The molecule has 0 saturated carbocycles. The standard InChI is InChI=1S/C26H26N4O2/c1-16-11-19(5-4-10-27)12-17(2)26(16)32-23-13-22(29)25(30)24(21(23)15-31-3)20-8-6-18(14-28)7-9-20/h6-9,11-13H,4-5,15,29-30H2,1-3H3. The highest BCUT2D eigenvalue weighted by Gasteiger charge is 2.20. The zero-order valence-corrected chi connectivity index (χ0v) is 18.5. The van der Waals surface area contributed by atoms with E-state index < -0.39 is 0 Å². The summed E-state index contributed by atoms with van der Waals surface area (Å²) < 4.78 is 11.9. The molecular weight excluding hydrogens is 400 g/mol. The van der Waals surface area contributed by atoms with Crippen LogP contribution in [-0.4, -0.2) is 7.11 Å². The molecule has 6 nitrogen and oxygen atoms in total. The first-order chi connectivity index (χ1) is 15.4. The van der Waals surface area contributed by atoms with Crippen molar-refractivity contribution in [2.75, 3.05) is 18.6 Å². The van der Waals surface area contributed by atoms with E-state index in [1.807, 2.05) is 38.1 Å². The Morgan fingerprint density at radius 1 is 0.969 bits per heavy atom. The molecule has 3 aromatic carbocycles. The van der Waals surface area contributed by atoms with Crippen molar-refractivity contribution in [3.8, 4) is 34.8 Å². The van der Waals surface area contributed by atoms with Gasteiger partial charge in [0.05, 0.1) is 35.7 Å². The summed E-state index contributed by atoms with van der Waals surface area (Å²) in [6.07, 6.45) is 1.17. The molecule has 0 unspecified atom stereocenters. The summed E-state index contributed by atoms with van der Waals surface area (Å²) in [5.74, 6) is 1.30. The lowest BCUT2D eigenvalue weighted by molar-refractivity contribution is 0.183. The highest BCUT2D eigenvalue weighted by Crippen LogP contribution is 2.43. The molecule has 0 saturated heterocycles. The molecule has 3 rings (SSSR count). The van der Waals surface area contributed by atoms with Gasteiger partial charge in [-0.05, 0) is 54.7 Å². The number of benzene rings is 3. The maximum atomic E-state index is 9.11. The molecular formula is C26H26N4O2. The third-order valence-electron chi connectivity index (χ3n) is 5.32. The highest BCUT2D eigenvalue weighted by molar-refractivity contribution is 5.89. The minimum absolute atomic E-state index is 0.271. The summed E-state index contributed by atoms with van der Waals surface area (Å²) in [4.78, 5) is 0. The number of nitrogens with zero attached hydrogens (tertiary/aromatic N) is 2. The van der Waals surface area contributed by atoms with E-state index in [9.17, 15) is 0 Å². The Morgan fingerprint density at radius 3 is 2.19 bits per heavy atom. The molecule has 4 N–H and O–H groups in total. The second-order valence-electron chi connectivity index (χ2n) is 7.67. The van der Waals surface area contributed by atoms with E-state index in [1.54, 1.807) is 25.3 Å². The summed E-state index contributed by atoms with van der Waals surface area (Å²) in [6.45, 7) is 4.24. The fourth-order valence-corrected chi connectivity index (χ4v) is 3.81. The Bertz CT molecular complexity index is 1200. The number of rotatable bonds is 7. The molecule has 0 aliphatic rings. The van der Waals surface area contributed by atoms with Crippen LogP contribution in [0.4, 0.5) is 11.4 Å². The Hall–Kier alpha value is -4.00. The predicted octanol–water partition coefficient (Wildman–Crippen LogP) is 5.40. The van der Waals surface area contributed by atoms with E-state index in [0.717, 1.165) is 39.1 Å². The van der Waals surface area contributed by atoms with Crippen LogP contribution in [0.2, 0.25) is 0 Å². The predicted molar refractivity (Wildman–Crippen MR) is 126 cm³/mol. The zero-order valence-electron chi connectivity index (χ0n) is 18.5. The van der Waals surface area contributed by atoms with E-state index in [4.69, 9.17) is 31.5 Å². The summed E-state index contributed by atoms with van der Waals surface area (Å²) in [7, 11) is 1.61. The van der Waals surface area contributed by atoms with Crippen LogP contribution in [-0.2, 0) is 17.8 Å². The number of methoxy groups -OCH3 is 1. The molecule has 0 aromatic heterocycles. The van der Waals surface area contributed by atoms with Gasteiger partial charge in [0.2, 0.25) is 0 Å². The number of ether oxygens (including phenoxy) is 2. The number of nitrogens with two attached hydrogens (primary N) is 2. The Morgan fingerprint density at radius 2 is 1.62 bits per heavy atom. The summed E-state index contributed by atoms with van der Waals surface area (Å²) in [6, 6.07) is 17.3. The minimum Gasteiger partial charge on any atom is -0.456 e. The second kappa shape index (κ2) is 9.87. The van der Waals surface area contributed by atoms with Crippen LogP contribution in [0.3, 0.4) is 0 Å². The lowest BCUT2D eigenvalue weighted by atomic mass is 9.95. The highest BCUT2D eigenvalue weighted by atomic mass is 16.5. The normalized spacial score (nSPS) is 10.4. The fraction of sp³-hybridized carbons (Fsp3) is 0.231. The molecule has 162 valence electrons. The smallest absolute Gasteiger partial charge is 0.135 e. The van der Waals surface area contributed by atoms with Crippen molar-refractivity contribution in [3.63, 3.8) is 0 Å². The molecule has 32 heavy (non-hydrogen) atoms. The molecule has 6 heteroatoms. The molecule has 3 aromatic rings. The Balaban J connectivity index is 2.12. The average Bonchev–Trinajstić information content (AvgIpc) is 2.78. The van der Waals surface area contributed by atoms with E-state index in [2.05, 4.69) is 12.1 Å². The van der Waals surface area contributed by atoms with Gasteiger partial charge in [0.1, 0.15) is 11.5 Å². The van der Waals surface area contributed by atoms with E-state index in [1.165, 1.54) is 0 Å².